The van der Waals surface area contributed by atoms with Crippen molar-refractivity contribution in [2.45, 2.75) is 44.1 Å². The standard InChI is InChI=1S/C35H32O2/c1-35(2,3)26-19-21-30-28(22-26)31(24-13-6-4-7-14-24)32(25-15-8-5-9-16-25)34(37-30)33-27-17-11-10-12-23(27)18-20-29(33)36/h4-22,31-32,34,36H,1-3H3/t31-,32-,34-/m1/s1. The molecular formula is C35H32O2. The van der Waals surface area contributed by atoms with Gasteiger partial charge in [0.1, 0.15) is 17.6 Å². The topological polar surface area (TPSA) is 29.5 Å². The molecule has 0 spiro atoms. The zero-order valence-electron chi connectivity index (χ0n) is 21.6. The molecule has 3 atom stereocenters. The Morgan fingerprint density at radius 1 is 0.676 bits per heavy atom. The summed E-state index contributed by atoms with van der Waals surface area (Å²) < 4.78 is 6.93. The summed E-state index contributed by atoms with van der Waals surface area (Å²) in [5, 5.41) is 13.4. The van der Waals surface area contributed by atoms with Crippen LogP contribution in [0, 0.1) is 0 Å². The lowest BCUT2D eigenvalue weighted by Crippen LogP contribution is -2.30. The van der Waals surface area contributed by atoms with E-state index in [0.29, 0.717) is 0 Å². The van der Waals surface area contributed by atoms with Crippen molar-refractivity contribution in [3.05, 3.63) is 143 Å². The highest BCUT2D eigenvalue weighted by atomic mass is 16.5. The summed E-state index contributed by atoms with van der Waals surface area (Å²) in [7, 11) is 0. The van der Waals surface area contributed by atoms with Crippen molar-refractivity contribution >= 4 is 10.8 Å². The van der Waals surface area contributed by atoms with Gasteiger partial charge in [-0.15, -0.1) is 0 Å². The molecule has 5 aromatic carbocycles. The van der Waals surface area contributed by atoms with Crippen molar-refractivity contribution in [1.29, 1.82) is 0 Å². The summed E-state index contributed by atoms with van der Waals surface area (Å²) in [6, 6.07) is 40.1. The molecule has 6 rings (SSSR count). The van der Waals surface area contributed by atoms with Gasteiger partial charge < -0.3 is 9.84 Å². The summed E-state index contributed by atoms with van der Waals surface area (Å²) in [5.74, 6) is 1.17. The molecule has 1 aliphatic rings. The lowest BCUT2D eigenvalue weighted by Gasteiger charge is -2.42. The first-order valence-electron chi connectivity index (χ1n) is 13.0. The number of hydrogen-bond donors (Lipinski definition) is 1. The van der Waals surface area contributed by atoms with Crippen LogP contribution < -0.4 is 4.74 Å². The third-order valence-corrected chi connectivity index (χ3v) is 7.73. The van der Waals surface area contributed by atoms with E-state index in [4.69, 9.17) is 4.74 Å². The van der Waals surface area contributed by atoms with Crippen LogP contribution in [0.25, 0.3) is 10.8 Å². The molecule has 5 aromatic rings. The largest absolute Gasteiger partial charge is 0.508 e. The van der Waals surface area contributed by atoms with E-state index in [2.05, 4.69) is 112 Å². The Labute approximate surface area is 219 Å². The maximum atomic E-state index is 11.3. The number of hydrogen-bond acceptors (Lipinski definition) is 2. The fourth-order valence-corrected chi connectivity index (χ4v) is 5.86. The Morgan fingerprint density at radius 2 is 1.32 bits per heavy atom. The van der Waals surface area contributed by atoms with Crippen LogP contribution >= 0.6 is 0 Å². The molecule has 1 heterocycles. The minimum Gasteiger partial charge on any atom is -0.508 e. The van der Waals surface area contributed by atoms with Gasteiger partial charge in [-0.25, -0.2) is 0 Å². The SMILES string of the molecule is CC(C)(C)c1ccc2c(c1)[C@@H](c1ccccc1)[C@@H](c1ccccc1)[C@H](c1c(O)ccc3ccccc13)O2. The lowest BCUT2D eigenvalue weighted by molar-refractivity contribution is 0.139. The van der Waals surface area contributed by atoms with E-state index in [-0.39, 0.29) is 29.1 Å². The predicted molar refractivity (Wildman–Crippen MR) is 152 cm³/mol. The zero-order valence-corrected chi connectivity index (χ0v) is 21.6. The van der Waals surface area contributed by atoms with E-state index < -0.39 is 0 Å². The van der Waals surface area contributed by atoms with Crippen LogP contribution in [-0.2, 0) is 5.41 Å². The van der Waals surface area contributed by atoms with Crippen LogP contribution in [0.4, 0.5) is 0 Å². The molecule has 0 saturated carbocycles. The molecule has 0 fully saturated rings. The second-order valence-corrected chi connectivity index (χ2v) is 11.1. The van der Waals surface area contributed by atoms with Crippen LogP contribution in [0.1, 0.15) is 66.5 Å². The van der Waals surface area contributed by atoms with Gasteiger partial charge in [-0.2, -0.15) is 0 Å². The molecular weight excluding hydrogens is 452 g/mol. The smallest absolute Gasteiger partial charge is 0.136 e. The van der Waals surface area contributed by atoms with E-state index in [1.807, 2.05) is 18.2 Å². The monoisotopic (exact) mass is 484 g/mol. The molecule has 0 amide bonds. The molecule has 37 heavy (non-hydrogen) atoms. The van der Waals surface area contributed by atoms with Crippen molar-refractivity contribution in [2.75, 3.05) is 0 Å². The normalized spacial score (nSPS) is 19.3. The number of rotatable bonds is 3. The van der Waals surface area contributed by atoms with Crippen LogP contribution in [-0.4, -0.2) is 5.11 Å². The molecule has 2 heteroatoms. The van der Waals surface area contributed by atoms with E-state index in [9.17, 15) is 5.11 Å². The van der Waals surface area contributed by atoms with Crippen molar-refractivity contribution in [3.63, 3.8) is 0 Å². The Morgan fingerprint density at radius 3 is 2.03 bits per heavy atom. The first-order valence-corrected chi connectivity index (χ1v) is 13.0. The maximum Gasteiger partial charge on any atom is 0.136 e. The second kappa shape index (κ2) is 9.12. The highest BCUT2D eigenvalue weighted by Crippen LogP contribution is 2.56. The summed E-state index contributed by atoms with van der Waals surface area (Å²) >= 11 is 0. The van der Waals surface area contributed by atoms with Gasteiger partial charge in [0.2, 0.25) is 0 Å². The van der Waals surface area contributed by atoms with Gasteiger partial charge in [0, 0.05) is 23.0 Å². The summed E-state index contributed by atoms with van der Waals surface area (Å²) in [6.45, 7) is 6.75. The minimum atomic E-state index is -0.369. The van der Waals surface area contributed by atoms with Crippen LogP contribution in [0.5, 0.6) is 11.5 Å². The first kappa shape index (κ1) is 23.4. The van der Waals surface area contributed by atoms with Gasteiger partial charge in [-0.05, 0) is 45.0 Å². The third-order valence-electron chi connectivity index (χ3n) is 7.73. The van der Waals surface area contributed by atoms with Gasteiger partial charge in [-0.3, -0.25) is 0 Å². The summed E-state index contributed by atoms with van der Waals surface area (Å²) in [4.78, 5) is 0. The van der Waals surface area contributed by atoms with E-state index >= 15 is 0 Å². The maximum absolute atomic E-state index is 11.3. The van der Waals surface area contributed by atoms with E-state index in [1.165, 1.54) is 22.3 Å². The van der Waals surface area contributed by atoms with Crippen LogP contribution in [0.2, 0.25) is 0 Å². The number of aromatic hydroxyl groups is 1. The Bertz CT molecular complexity index is 1550. The van der Waals surface area contributed by atoms with Gasteiger partial charge in [0.25, 0.3) is 0 Å². The molecule has 0 radical (unpaired) electrons. The molecule has 1 N–H and O–H groups in total. The molecule has 0 aromatic heterocycles. The fourth-order valence-electron chi connectivity index (χ4n) is 5.86. The molecule has 0 aliphatic carbocycles. The minimum absolute atomic E-state index is 0.0171. The Hall–Kier alpha value is -4.04. The number of benzene rings is 5. The quantitative estimate of drug-likeness (QED) is 0.277. The fraction of sp³-hybridized carbons (Fsp3) is 0.200. The average Bonchev–Trinajstić information content (AvgIpc) is 2.92. The molecule has 1 aliphatic heterocycles. The van der Waals surface area contributed by atoms with E-state index in [0.717, 1.165) is 22.1 Å². The van der Waals surface area contributed by atoms with Gasteiger partial charge >= 0.3 is 0 Å². The third kappa shape index (κ3) is 4.17. The molecule has 0 saturated heterocycles. The van der Waals surface area contributed by atoms with E-state index in [1.54, 1.807) is 6.07 Å². The molecule has 0 bridgehead atoms. The van der Waals surface area contributed by atoms with Crippen LogP contribution in [0.3, 0.4) is 0 Å². The molecule has 0 unspecified atom stereocenters. The zero-order chi connectivity index (χ0) is 25.6. The van der Waals surface area contributed by atoms with Crippen molar-refractivity contribution < 1.29 is 9.84 Å². The number of fused-ring (bicyclic) bond motifs is 2. The van der Waals surface area contributed by atoms with Crippen molar-refractivity contribution in [1.82, 2.24) is 0 Å². The summed E-state index contributed by atoms with van der Waals surface area (Å²) in [6.07, 6.45) is -0.369. The van der Waals surface area contributed by atoms with Crippen molar-refractivity contribution in [3.8, 4) is 11.5 Å². The molecule has 184 valence electrons. The number of phenolic OH excluding ortho intramolecular Hbond substituents is 1. The number of ether oxygens (including phenoxy) is 1. The van der Waals surface area contributed by atoms with Crippen LogP contribution in [0.15, 0.2) is 115 Å². The molecule has 2 nitrogen and oxygen atoms in total. The number of phenols is 1. The van der Waals surface area contributed by atoms with Gasteiger partial charge in [0.15, 0.2) is 0 Å². The predicted octanol–water partition coefficient (Wildman–Crippen LogP) is 8.89. The highest BCUT2D eigenvalue weighted by molar-refractivity contribution is 5.88. The first-order chi connectivity index (χ1) is 17.9. The summed E-state index contributed by atoms with van der Waals surface area (Å²) in [5.41, 5.74) is 5.79. The Balaban J connectivity index is 1.66. The van der Waals surface area contributed by atoms with Gasteiger partial charge in [-0.1, -0.05) is 124 Å². The van der Waals surface area contributed by atoms with Gasteiger partial charge in [0.05, 0.1) is 0 Å². The van der Waals surface area contributed by atoms with Crippen molar-refractivity contribution in [2.24, 2.45) is 0 Å². The highest BCUT2D eigenvalue weighted by Gasteiger charge is 2.43. The second-order valence-electron chi connectivity index (χ2n) is 11.1. The lowest BCUT2D eigenvalue weighted by atomic mass is 9.69. The average molecular weight is 485 g/mol. The Kier molecular flexibility index (Phi) is 5.76.